The molecule has 122 valence electrons. The van der Waals surface area contributed by atoms with E-state index in [9.17, 15) is 14.4 Å². The van der Waals surface area contributed by atoms with Gasteiger partial charge in [-0.1, -0.05) is 13.8 Å². The van der Waals surface area contributed by atoms with Crippen LogP contribution in [0.5, 0.6) is 0 Å². The van der Waals surface area contributed by atoms with Crippen LogP contribution >= 0.6 is 0 Å². The number of carbonyl (C=O) groups is 3. The van der Waals surface area contributed by atoms with Gasteiger partial charge >= 0.3 is 18.0 Å². The summed E-state index contributed by atoms with van der Waals surface area (Å²) >= 11 is 0. The number of methoxy groups -OCH3 is 1. The second-order valence-corrected chi connectivity index (χ2v) is 4.87. The molecule has 0 radical (unpaired) electrons. The first kappa shape index (κ1) is 19.2. The number of rotatable bonds is 10. The molecule has 0 aliphatic heterocycles. The molecular formula is C13H24N2O6. The van der Waals surface area contributed by atoms with E-state index in [4.69, 9.17) is 9.84 Å². The van der Waals surface area contributed by atoms with E-state index in [0.717, 1.165) is 13.5 Å². The highest BCUT2D eigenvalue weighted by Crippen LogP contribution is 1.98. The molecule has 0 aromatic carbocycles. The first-order chi connectivity index (χ1) is 9.86. The fraction of sp³-hybridized carbons (Fsp3) is 0.769. The normalized spacial score (nSPS) is 11.8. The van der Waals surface area contributed by atoms with E-state index in [0.29, 0.717) is 19.1 Å². The van der Waals surface area contributed by atoms with Crippen molar-refractivity contribution >= 4 is 18.0 Å². The summed E-state index contributed by atoms with van der Waals surface area (Å²) in [6.45, 7) is 5.38. The van der Waals surface area contributed by atoms with Crippen LogP contribution in [0.2, 0.25) is 0 Å². The molecule has 8 nitrogen and oxygen atoms in total. The Morgan fingerprint density at radius 1 is 1.19 bits per heavy atom. The fourth-order valence-electron chi connectivity index (χ4n) is 1.32. The van der Waals surface area contributed by atoms with Crippen LogP contribution in [-0.2, 0) is 19.1 Å². The lowest BCUT2D eigenvalue weighted by molar-refractivity contribution is -0.147. The van der Waals surface area contributed by atoms with Crippen molar-refractivity contribution in [1.82, 2.24) is 10.6 Å². The smallest absolute Gasteiger partial charge is 0.326 e. The summed E-state index contributed by atoms with van der Waals surface area (Å²) in [7, 11) is 1.15. The van der Waals surface area contributed by atoms with E-state index in [1.165, 1.54) is 0 Å². The predicted molar refractivity (Wildman–Crippen MR) is 74.9 cm³/mol. The monoisotopic (exact) mass is 304 g/mol. The number of nitrogens with one attached hydrogen (secondary N) is 2. The molecule has 21 heavy (non-hydrogen) atoms. The molecule has 0 aromatic heterocycles. The number of carboxylic acid groups (broad SMARTS) is 1. The summed E-state index contributed by atoms with van der Waals surface area (Å²) < 4.78 is 9.66. The zero-order valence-electron chi connectivity index (χ0n) is 12.7. The zero-order valence-corrected chi connectivity index (χ0v) is 12.7. The molecule has 1 atom stereocenters. The summed E-state index contributed by atoms with van der Waals surface area (Å²) in [5.74, 6) is -1.46. The maximum absolute atomic E-state index is 11.5. The Labute approximate surface area is 124 Å². The Bertz CT molecular complexity index is 346. The molecule has 0 spiro atoms. The van der Waals surface area contributed by atoms with Crippen molar-refractivity contribution < 1.29 is 29.0 Å². The minimum absolute atomic E-state index is 0.258. The van der Waals surface area contributed by atoms with Crippen molar-refractivity contribution in [3.63, 3.8) is 0 Å². The van der Waals surface area contributed by atoms with Gasteiger partial charge < -0.3 is 25.2 Å². The van der Waals surface area contributed by atoms with Gasteiger partial charge in [0.25, 0.3) is 0 Å². The topological polar surface area (TPSA) is 114 Å². The first-order valence-corrected chi connectivity index (χ1v) is 6.78. The van der Waals surface area contributed by atoms with Crippen molar-refractivity contribution in [3.8, 4) is 0 Å². The highest BCUT2D eigenvalue weighted by molar-refractivity contribution is 5.86. The van der Waals surface area contributed by atoms with Crippen LogP contribution in [0.15, 0.2) is 0 Å². The lowest BCUT2D eigenvalue weighted by Crippen LogP contribution is -2.47. The molecule has 0 rings (SSSR count). The number of amides is 2. The molecule has 0 bridgehead atoms. The van der Waals surface area contributed by atoms with Crippen LogP contribution in [0.4, 0.5) is 4.79 Å². The summed E-state index contributed by atoms with van der Waals surface area (Å²) in [6.07, 6.45) is 0.510. The Balaban J connectivity index is 3.88. The van der Waals surface area contributed by atoms with E-state index in [2.05, 4.69) is 29.2 Å². The van der Waals surface area contributed by atoms with E-state index < -0.39 is 30.4 Å². The van der Waals surface area contributed by atoms with E-state index in [1.54, 1.807) is 0 Å². The van der Waals surface area contributed by atoms with Crippen molar-refractivity contribution in [2.24, 2.45) is 5.92 Å². The summed E-state index contributed by atoms with van der Waals surface area (Å²) in [5, 5.41) is 13.5. The molecule has 0 aliphatic rings. The van der Waals surface area contributed by atoms with Crippen LogP contribution in [0.1, 0.15) is 26.7 Å². The van der Waals surface area contributed by atoms with Crippen LogP contribution in [0, 0.1) is 5.92 Å². The first-order valence-electron chi connectivity index (χ1n) is 6.78. The number of esters is 1. The van der Waals surface area contributed by atoms with Gasteiger partial charge in [-0.05, 0) is 12.3 Å². The second kappa shape index (κ2) is 10.9. The number of ether oxygens (including phenoxy) is 2. The molecule has 8 heteroatoms. The SMILES string of the molecule is COC(=O)C[C@H](NC(=O)NCCOCCC(C)C)C(=O)O. The summed E-state index contributed by atoms with van der Waals surface area (Å²) in [6, 6.07) is -1.99. The Kier molecular flexibility index (Phi) is 9.95. The maximum atomic E-state index is 11.5. The zero-order chi connectivity index (χ0) is 16.3. The molecule has 0 saturated heterocycles. The van der Waals surface area contributed by atoms with Gasteiger partial charge in [-0.2, -0.15) is 0 Å². The molecule has 0 heterocycles. The standard InChI is InChI=1S/C13H24N2O6/c1-9(2)4-6-21-7-5-14-13(19)15-10(12(17)18)8-11(16)20-3/h9-10H,4-8H2,1-3H3,(H,17,18)(H2,14,15,19)/t10-/m0/s1. The number of carboxylic acids is 1. The van der Waals surface area contributed by atoms with Gasteiger partial charge in [0.05, 0.1) is 20.1 Å². The second-order valence-electron chi connectivity index (χ2n) is 4.87. The molecule has 0 aliphatic carbocycles. The van der Waals surface area contributed by atoms with Gasteiger partial charge in [0.15, 0.2) is 0 Å². The third-order valence-corrected chi connectivity index (χ3v) is 2.57. The van der Waals surface area contributed by atoms with Gasteiger partial charge in [-0.3, -0.25) is 4.79 Å². The van der Waals surface area contributed by atoms with E-state index in [-0.39, 0.29) is 6.54 Å². The molecular weight excluding hydrogens is 280 g/mol. The molecule has 0 aromatic rings. The van der Waals surface area contributed by atoms with Gasteiger partial charge in [0.2, 0.25) is 0 Å². The minimum atomic E-state index is -1.32. The van der Waals surface area contributed by atoms with Gasteiger partial charge in [0.1, 0.15) is 6.04 Å². The Hall–Kier alpha value is -1.83. The Morgan fingerprint density at radius 3 is 2.38 bits per heavy atom. The number of hydrogen-bond donors (Lipinski definition) is 3. The summed E-state index contributed by atoms with van der Waals surface area (Å²) in [5.41, 5.74) is 0. The third-order valence-electron chi connectivity index (χ3n) is 2.57. The number of hydrogen-bond acceptors (Lipinski definition) is 5. The largest absolute Gasteiger partial charge is 0.480 e. The van der Waals surface area contributed by atoms with E-state index in [1.807, 2.05) is 0 Å². The molecule has 0 fully saturated rings. The molecule has 3 N–H and O–H groups in total. The molecule has 2 amide bonds. The van der Waals surface area contributed by atoms with Gasteiger partial charge in [-0.15, -0.1) is 0 Å². The number of urea groups is 1. The lowest BCUT2D eigenvalue weighted by atomic mass is 10.1. The average Bonchev–Trinajstić information content (AvgIpc) is 2.41. The molecule has 0 saturated carbocycles. The van der Waals surface area contributed by atoms with Crippen molar-refractivity contribution in [2.45, 2.75) is 32.7 Å². The van der Waals surface area contributed by atoms with Crippen LogP contribution in [-0.4, -0.2) is 56.0 Å². The van der Waals surface area contributed by atoms with Gasteiger partial charge in [0, 0.05) is 13.2 Å². The van der Waals surface area contributed by atoms with Crippen molar-refractivity contribution in [2.75, 3.05) is 26.9 Å². The third kappa shape index (κ3) is 10.6. The highest BCUT2D eigenvalue weighted by atomic mass is 16.5. The lowest BCUT2D eigenvalue weighted by Gasteiger charge is -2.14. The van der Waals surface area contributed by atoms with Crippen LogP contribution < -0.4 is 10.6 Å². The number of carbonyl (C=O) groups excluding carboxylic acids is 2. The van der Waals surface area contributed by atoms with E-state index >= 15 is 0 Å². The predicted octanol–water partition coefficient (Wildman–Crippen LogP) is 0.365. The van der Waals surface area contributed by atoms with Crippen LogP contribution in [0.3, 0.4) is 0 Å². The maximum Gasteiger partial charge on any atom is 0.326 e. The number of aliphatic carboxylic acids is 1. The fourth-order valence-corrected chi connectivity index (χ4v) is 1.32. The van der Waals surface area contributed by atoms with Crippen molar-refractivity contribution in [3.05, 3.63) is 0 Å². The van der Waals surface area contributed by atoms with Crippen LogP contribution in [0.25, 0.3) is 0 Å². The van der Waals surface area contributed by atoms with Crippen molar-refractivity contribution in [1.29, 1.82) is 0 Å². The molecule has 0 unspecified atom stereocenters. The quantitative estimate of drug-likeness (QED) is 0.397. The Morgan fingerprint density at radius 2 is 1.86 bits per heavy atom. The minimum Gasteiger partial charge on any atom is -0.480 e. The highest BCUT2D eigenvalue weighted by Gasteiger charge is 2.23. The van der Waals surface area contributed by atoms with Gasteiger partial charge in [-0.25, -0.2) is 9.59 Å². The summed E-state index contributed by atoms with van der Waals surface area (Å²) in [4.78, 5) is 33.4. The average molecular weight is 304 g/mol.